The number of hydrogen-bond donors (Lipinski definition) is 1. The summed E-state index contributed by atoms with van der Waals surface area (Å²) in [5.41, 5.74) is 7.47. The lowest BCUT2D eigenvalue weighted by molar-refractivity contribution is -0.671. The average Bonchev–Trinajstić information content (AvgIpc) is 3.40. The summed E-state index contributed by atoms with van der Waals surface area (Å²) >= 11 is 0. The molecule has 0 unspecified atom stereocenters. The summed E-state index contributed by atoms with van der Waals surface area (Å²) in [6, 6.07) is 23.2. The average molecular weight is 550 g/mol. The van der Waals surface area contributed by atoms with Crippen LogP contribution in [0.4, 0.5) is 15.8 Å². The van der Waals surface area contributed by atoms with Crippen LogP contribution in [0.15, 0.2) is 91.4 Å². The first-order valence-electron chi connectivity index (χ1n) is 14.1. The van der Waals surface area contributed by atoms with Gasteiger partial charge in [0.15, 0.2) is 12.4 Å². The van der Waals surface area contributed by atoms with E-state index in [1.165, 1.54) is 12.1 Å². The second kappa shape index (κ2) is 11.4. The fourth-order valence-corrected chi connectivity index (χ4v) is 5.47. The summed E-state index contributed by atoms with van der Waals surface area (Å²) in [7, 11) is 1.99. The number of aryl methyl sites for hydroxylation is 2. The molecule has 5 aromatic rings. The summed E-state index contributed by atoms with van der Waals surface area (Å²) in [6.07, 6.45) is 6.59. The number of halogens is 1. The summed E-state index contributed by atoms with van der Waals surface area (Å²) in [5.74, 6) is -0.341. The summed E-state index contributed by atoms with van der Waals surface area (Å²) in [5, 5.41) is 3.11. The molecule has 1 aliphatic heterocycles. The van der Waals surface area contributed by atoms with E-state index in [1.54, 1.807) is 0 Å². The van der Waals surface area contributed by atoms with Crippen LogP contribution in [0.1, 0.15) is 28.7 Å². The molecular weight excluding hydrogens is 515 g/mol. The van der Waals surface area contributed by atoms with Crippen molar-refractivity contribution in [3.63, 3.8) is 0 Å². The zero-order valence-electron chi connectivity index (χ0n) is 23.4. The van der Waals surface area contributed by atoms with Gasteiger partial charge in [-0.05, 0) is 66.1 Å². The number of hydrogen-bond acceptors (Lipinski definition) is 4. The molecule has 1 saturated heterocycles. The molecule has 0 bridgehead atoms. The minimum atomic E-state index is -0.209. The monoisotopic (exact) mass is 549 g/mol. The van der Waals surface area contributed by atoms with Crippen LogP contribution in [0.25, 0.3) is 16.8 Å². The third kappa shape index (κ3) is 5.50. The zero-order valence-corrected chi connectivity index (χ0v) is 23.4. The first-order valence-corrected chi connectivity index (χ1v) is 14.1. The molecule has 8 heteroatoms. The standard InChI is InChI=1S/C33H33FN6O/c1-3-30-31(40-16-4-5-29(32(40)36-30)25-14-17-37(2)18-15-25)33(41)35-23-24-6-10-27(11-7-24)38-19-21-39(22-20-38)28-12-8-26(34)9-13-28/h4-18H,3,19-23H2,1-2H3/p+1. The van der Waals surface area contributed by atoms with E-state index >= 15 is 0 Å². The van der Waals surface area contributed by atoms with Gasteiger partial charge in [-0.2, -0.15) is 0 Å². The van der Waals surface area contributed by atoms with E-state index in [0.29, 0.717) is 18.7 Å². The van der Waals surface area contributed by atoms with Gasteiger partial charge in [-0.15, -0.1) is 0 Å². The number of pyridine rings is 2. The maximum Gasteiger partial charge on any atom is 0.270 e. The number of carbonyl (C=O) groups is 1. The Morgan fingerprint density at radius 3 is 2.12 bits per heavy atom. The molecule has 1 amide bonds. The van der Waals surface area contributed by atoms with Gasteiger partial charge in [0.1, 0.15) is 24.2 Å². The molecule has 0 atom stereocenters. The summed E-state index contributed by atoms with van der Waals surface area (Å²) in [4.78, 5) is 22.9. The second-order valence-electron chi connectivity index (χ2n) is 10.4. The van der Waals surface area contributed by atoms with Crippen LogP contribution in [0.5, 0.6) is 0 Å². The van der Waals surface area contributed by atoms with Crippen molar-refractivity contribution < 1.29 is 13.8 Å². The lowest BCUT2D eigenvalue weighted by Crippen LogP contribution is -2.46. The van der Waals surface area contributed by atoms with Gasteiger partial charge in [-0.25, -0.2) is 13.9 Å². The molecule has 0 radical (unpaired) electrons. The highest BCUT2D eigenvalue weighted by Gasteiger charge is 2.21. The highest BCUT2D eigenvalue weighted by atomic mass is 19.1. The smallest absolute Gasteiger partial charge is 0.270 e. The predicted molar refractivity (Wildman–Crippen MR) is 160 cm³/mol. The maximum absolute atomic E-state index is 13.4. The Morgan fingerprint density at radius 1 is 0.902 bits per heavy atom. The van der Waals surface area contributed by atoms with Crippen molar-refractivity contribution in [1.29, 1.82) is 0 Å². The van der Waals surface area contributed by atoms with E-state index in [1.807, 2.05) is 65.8 Å². The van der Waals surface area contributed by atoms with Crippen LogP contribution in [-0.4, -0.2) is 41.5 Å². The molecule has 208 valence electrons. The molecular formula is C33H34FN6O+. The van der Waals surface area contributed by atoms with Crippen LogP contribution in [0.2, 0.25) is 0 Å². The Labute approximate surface area is 239 Å². The number of amides is 1. The van der Waals surface area contributed by atoms with Crippen molar-refractivity contribution in [2.24, 2.45) is 7.05 Å². The Balaban J connectivity index is 1.12. The molecule has 0 aliphatic carbocycles. The van der Waals surface area contributed by atoms with E-state index in [9.17, 15) is 9.18 Å². The lowest BCUT2D eigenvalue weighted by Gasteiger charge is -2.37. The number of carbonyl (C=O) groups excluding carboxylic acids is 1. The van der Waals surface area contributed by atoms with Crippen molar-refractivity contribution in [1.82, 2.24) is 14.7 Å². The Morgan fingerprint density at radius 2 is 1.51 bits per heavy atom. The Bertz CT molecular complexity index is 1650. The number of aromatic nitrogens is 3. The van der Waals surface area contributed by atoms with Crippen LogP contribution in [0, 0.1) is 5.82 Å². The van der Waals surface area contributed by atoms with E-state index in [0.717, 1.165) is 65.6 Å². The normalized spacial score (nSPS) is 13.5. The van der Waals surface area contributed by atoms with Gasteiger partial charge in [-0.3, -0.25) is 9.20 Å². The fraction of sp³-hybridized carbons (Fsp3) is 0.242. The van der Waals surface area contributed by atoms with Crippen LogP contribution in [0.3, 0.4) is 0 Å². The molecule has 0 saturated carbocycles. The van der Waals surface area contributed by atoms with Gasteiger partial charge in [0.05, 0.1) is 5.69 Å². The van der Waals surface area contributed by atoms with E-state index in [2.05, 4.69) is 51.5 Å². The zero-order chi connectivity index (χ0) is 28.3. The summed E-state index contributed by atoms with van der Waals surface area (Å²) < 4.78 is 17.2. The largest absolute Gasteiger partial charge is 0.368 e. The second-order valence-corrected chi connectivity index (χ2v) is 10.4. The number of nitrogens with zero attached hydrogens (tertiary/aromatic N) is 5. The van der Waals surface area contributed by atoms with Crippen molar-refractivity contribution in [2.75, 3.05) is 36.0 Å². The minimum absolute atomic E-state index is 0.132. The molecule has 6 rings (SSSR count). The van der Waals surface area contributed by atoms with Crippen molar-refractivity contribution in [2.45, 2.75) is 19.9 Å². The van der Waals surface area contributed by atoms with E-state index in [4.69, 9.17) is 4.98 Å². The molecule has 2 aromatic carbocycles. The van der Waals surface area contributed by atoms with Crippen LogP contribution >= 0.6 is 0 Å². The predicted octanol–water partition coefficient (Wildman–Crippen LogP) is 4.78. The van der Waals surface area contributed by atoms with Gasteiger partial charge >= 0.3 is 0 Å². The molecule has 7 nitrogen and oxygen atoms in total. The van der Waals surface area contributed by atoms with Gasteiger partial charge in [-0.1, -0.05) is 19.1 Å². The first kappa shape index (κ1) is 26.5. The SMILES string of the molecule is CCc1nc2c(-c3cc[n+](C)cc3)cccn2c1C(=O)NCc1ccc(N2CCN(c3ccc(F)cc3)CC2)cc1. The number of nitrogens with one attached hydrogen (secondary N) is 1. The molecule has 3 aromatic heterocycles. The minimum Gasteiger partial charge on any atom is -0.368 e. The quantitative estimate of drug-likeness (QED) is 0.297. The number of piperazine rings is 1. The molecule has 0 spiro atoms. The highest BCUT2D eigenvalue weighted by molar-refractivity contribution is 5.95. The van der Waals surface area contributed by atoms with Crippen molar-refractivity contribution in [3.8, 4) is 11.1 Å². The van der Waals surface area contributed by atoms with Crippen molar-refractivity contribution in [3.05, 3.63) is 114 Å². The van der Waals surface area contributed by atoms with E-state index in [-0.39, 0.29) is 11.7 Å². The number of rotatable bonds is 7. The van der Waals surface area contributed by atoms with Gasteiger partial charge < -0.3 is 15.1 Å². The van der Waals surface area contributed by atoms with Gasteiger partial charge in [0, 0.05) is 68.0 Å². The van der Waals surface area contributed by atoms with Gasteiger partial charge in [0.2, 0.25) is 0 Å². The maximum atomic E-state index is 13.4. The lowest BCUT2D eigenvalue weighted by atomic mass is 10.1. The van der Waals surface area contributed by atoms with E-state index < -0.39 is 0 Å². The fourth-order valence-electron chi connectivity index (χ4n) is 5.47. The van der Waals surface area contributed by atoms with Crippen molar-refractivity contribution >= 4 is 22.9 Å². The van der Waals surface area contributed by atoms with Gasteiger partial charge in [0.25, 0.3) is 5.91 Å². The number of anilines is 2. The molecule has 1 N–H and O–H groups in total. The third-order valence-electron chi connectivity index (χ3n) is 7.79. The highest BCUT2D eigenvalue weighted by Crippen LogP contribution is 2.26. The number of fused-ring (bicyclic) bond motifs is 1. The third-order valence-corrected chi connectivity index (χ3v) is 7.79. The Kier molecular flexibility index (Phi) is 7.37. The first-order chi connectivity index (χ1) is 20.0. The topological polar surface area (TPSA) is 56.8 Å². The Hall–Kier alpha value is -4.72. The summed E-state index contributed by atoms with van der Waals surface area (Å²) in [6.45, 7) is 6.01. The molecule has 1 fully saturated rings. The molecule has 41 heavy (non-hydrogen) atoms. The molecule has 4 heterocycles. The van der Waals surface area contributed by atoms with Crippen LogP contribution < -0.4 is 19.7 Å². The number of benzene rings is 2. The van der Waals surface area contributed by atoms with Crippen LogP contribution in [-0.2, 0) is 20.0 Å². The molecule has 1 aliphatic rings. The number of imidazole rings is 1.